The minimum Gasteiger partial charge on any atom is -0.468 e. The Morgan fingerprint density at radius 2 is 1.96 bits per heavy atom. The second-order valence-electron chi connectivity index (χ2n) is 5.73. The summed E-state index contributed by atoms with van der Waals surface area (Å²) >= 11 is 0. The van der Waals surface area contributed by atoms with Crippen LogP contribution in [0.25, 0.3) is 0 Å². The van der Waals surface area contributed by atoms with Gasteiger partial charge >= 0.3 is 11.8 Å². The lowest BCUT2D eigenvalue weighted by atomic mass is 10.2. The molecule has 2 heterocycles. The van der Waals surface area contributed by atoms with Crippen LogP contribution in [0, 0.1) is 0 Å². The fourth-order valence-electron chi connectivity index (χ4n) is 2.45. The molecule has 0 saturated carbocycles. The number of nitrogens with zero attached hydrogens (tertiary/aromatic N) is 1. The molecule has 2 N–H and O–H groups in total. The van der Waals surface area contributed by atoms with Gasteiger partial charge in [-0.15, -0.1) is 0 Å². The van der Waals surface area contributed by atoms with Gasteiger partial charge in [-0.25, -0.2) is 0 Å². The number of amides is 2. The summed E-state index contributed by atoms with van der Waals surface area (Å²) in [6.07, 6.45) is 1.57. The molecule has 8 heteroatoms. The van der Waals surface area contributed by atoms with Gasteiger partial charge in [0, 0.05) is 18.3 Å². The number of anilines is 1. The predicted octanol–water partition coefficient (Wildman–Crippen LogP) is 1.37. The Morgan fingerprint density at radius 1 is 1.16 bits per heavy atom. The summed E-state index contributed by atoms with van der Waals surface area (Å²) in [5, 5.41) is 5.15. The lowest BCUT2D eigenvalue weighted by molar-refractivity contribution is -0.136. The third-order valence-electron chi connectivity index (χ3n) is 3.79. The number of hydrogen-bond donors (Lipinski definition) is 2. The van der Waals surface area contributed by atoms with E-state index in [0.717, 1.165) is 0 Å². The summed E-state index contributed by atoms with van der Waals surface area (Å²) < 4.78 is 15.8. The molecule has 1 aromatic carbocycles. The number of furan rings is 1. The van der Waals surface area contributed by atoms with Crippen LogP contribution < -0.4 is 20.1 Å². The molecule has 0 aliphatic carbocycles. The van der Waals surface area contributed by atoms with Crippen molar-refractivity contribution in [3.63, 3.8) is 0 Å². The average Bonchev–Trinajstić information content (AvgIpc) is 3.25. The van der Waals surface area contributed by atoms with Gasteiger partial charge in [0.2, 0.25) is 6.79 Å². The van der Waals surface area contributed by atoms with Gasteiger partial charge in [0.15, 0.2) is 11.5 Å². The molecule has 0 unspecified atom stereocenters. The molecule has 0 spiro atoms. The Bertz CT molecular complexity index is 758. The van der Waals surface area contributed by atoms with Crippen LogP contribution in [-0.2, 0) is 9.59 Å². The molecule has 1 atom stereocenters. The molecule has 25 heavy (non-hydrogen) atoms. The number of ether oxygens (including phenoxy) is 2. The van der Waals surface area contributed by atoms with E-state index in [9.17, 15) is 9.59 Å². The highest BCUT2D eigenvalue weighted by Crippen LogP contribution is 2.34. The summed E-state index contributed by atoms with van der Waals surface area (Å²) in [7, 11) is 3.73. The van der Waals surface area contributed by atoms with Crippen LogP contribution in [0.2, 0.25) is 0 Å². The third kappa shape index (κ3) is 3.92. The minimum atomic E-state index is -0.754. The van der Waals surface area contributed by atoms with Crippen molar-refractivity contribution in [3.8, 4) is 11.5 Å². The van der Waals surface area contributed by atoms with Crippen LogP contribution in [0.5, 0.6) is 11.5 Å². The SMILES string of the molecule is CN(C)[C@@H](CNC(=O)C(=O)Nc1ccc2c(c1)OCO2)c1ccco1. The fraction of sp³-hybridized carbons (Fsp3) is 0.294. The van der Waals surface area contributed by atoms with Crippen molar-refractivity contribution in [2.75, 3.05) is 32.7 Å². The van der Waals surface area contributed by atoms with Crippen LogP contribution in [0.4, 0.5) is 5.69 Å². The van der Waals surface area contributed by atoms with Gasteiger partial charge in [-0.2, -0.15) is 0 Å². The highest BCUT2D eigenvalue weighted by Gasteiger charge is 2.21. The first-order chi connectivity index (χ1) is 12.0. The number of benzene rings is 1. The maximum Gasteiger partial charge on any atom is 0.313 e. The smallest absolute Gasteiger partial charge is 0.313 e. The quantitative estimate of drug-likeness (QED) is 0.795. The Balaban J connectivity index is 1.56. The van der Waals surface area contributed by atoms with Gasteiger partial charge in [-0.05, 0) is 38.4 Å². The molecular weight excluding hydrogens is 326 g/mol. The molecule has 1 aliphatic heterocycles. The first kappa shape index (κ1) is 16.8. The van der Waals surface area contributed by atoms with Gasteiger partial charge in [0.1, 0.15) is 5.76 Å². The molecule has 0 saturated heterocycles. The Kier molecular flexibility index (Phi) is 4.90. The molecule has 8 nitrogen and oxygen atoms in total. The number of carbonyl (C=O) groups is 2. The Morgan fingerprint density at radius 3 is 2.68 bits per heavy atom. The molecule has 0 fully saturated rings. The topological polar surface area (TPSA) is 93.0 Å². The van der Waals surface area contributed by atoms with E-state index in [4.69, 9.17) is 13.9 Å². The van der Waals surface area contributed by atoms with Crippen LogP contribution in [-0.4, -0.2) is 44.1 Å². The van der Waals surface area contributed by atoms with E-state index in [1.165, 1.54) is 0 Å². The predicted molar refractivity (Wildman–Crippen MR) is 89.3 cm³/mol. The molecular formula is C17H19N3O5. The maximum absolute atomic E-state index is 12.0. The largest absolute Gasteiger partial charge is 0.468 e. The van der Waals surface area contributed by atoms with Crippen LogP contribution in [0.3, 0.4) is 0 Å². The van der Waals surface area contributed by atoms with E-state index in [1.54, 1.807) is 30.5 Å². The number of rotatable bonds is 5. The molecule has 0 bridgehead atoms. The van der Waals surface area contributed by atoms with Crippen molar-refractivity contribution in [2.45, 2.75) is 6.04 Å². The zero-order valence-corrected chi connectivity index (χ0v) is 13.9. The Hall–Kier alpha value is -3.00. The molecule has 1 aliphatic rings. The van der Waals surface area contributed by atoms with E-state index >= 15 is 0 Å². The average molecular weight is 345 g/mol. The highest BCUT2D eigenvalue weighted by molar-refractivity contribution is 6.39. The van der Waals surface area contributed by atoms with E-state index < -0.39 is 11.8 Å². The van der Waals surface area contributed by atoms with Gasteiger partial charge in [0.25, 0.3) is 0 Å². The van der Waals surface area contributed by atoms with Crippen LogP contribution >= 0.6 is 0 Å². The zero-order valence-electron chi connectivity index (χ0n) is 13.9. The van der Waals surface area contributed by atoms with E-state index in [0.29, 0.717) is 22.9 Å². The van der Waals surface area contributed by atoms with Crippen molar-refractivity contribution < 1.29 is 23.5 Å². The van der Waals surface area contributed by atoms with Crippen LogP contribution in [0.1, 0.15) is 11.8 Å². The maximum atomic E-state index is 12.0. The van der Waals surface area contributed by atoms with Gasteiger partial charge in [-0.1, -0.05) is 0 Å². The van der Waals surface area contributed by atoms with Crippen molar-refractivity contribution in [1.82, 2.24) is 10.2 Å². The number of nitrogens with one attached hydrogen (secondary N) is 2. The van der Waals surface area contributed by atoms with E-state index in [2.05, 4.69) is 10.6 Å². The van der Waals surface area contributed by atoms with Crippen molar-refractivity contribution >= 4 is 17.5 Å². The van der Waals surface area contributed by atoms with Gasteiger partial charge < -0.3 is 24.5 Å². The van der Waals surface area contributed by atoms with Crippen molar-refractivity contribution in [3.05, 3.63) is 42.4 Å². The normalized spacial score (nSPS) is 13.6. The van der Waals surface area contributed by atoms with Crippen molar-refractivity contribution in [2.24, 2.45) is 0 Å². The first-order valence-electron chi connectivity index (χ1n) is 7.73. The second kappa shape index (κ2) is 7.27. The second-order valence-corrected chi connectivity index (χ2v) is 5.73. The summed E-state index contributed by atoms with van der Waals surface area (Å²) in [4.78, 5) is 26.0. The highest BCUT2D eigenvalue weighted by atomic mass is 16.7. The molecule has 3 rings (SSSR count). The standard InChI is InChI=1S/C17H19N3O5/c1-20(2)12(13-4-3-7-23-13)9-18-16(21)17(22)19-11-5-6-14-15(8-11)25-10-24-14/h3-8,12H,9-10H2,1-2H3,(H,18,21)(H,19,22)/t12-/m0/s1. The summed E-state index contributed by atoms with van der Waals surface area (Å²) in [6, 6.07) is 8.36. The van der Waals surface area contributed by atoms with Gasteiger partial charge in [-0.3, -0.25) is 14.5 Å². The molecule has 2 aromatic rings. The van der Waals surface area contributed by atoms with Gasteiger partial charge in [0.05, 0.1) is 12.3 Å². The summed E-state index contributed by atoms with van der Waals surface area (Å²) in [6.45, 7) is 0.389. The Labute approximate surface area is 144 Å². The molecule has 1 aromatic heterocycles. The monoisotopic (exact) mass is 345 g/mol. The fourth-order valence-corrected chi connectivity index (χ4v) is 2.45. The third-order valence-corrected chi connectivity index (χ3v) is 3.79. The molecule has 2 amide bonds. The summed E-state index contributed by atoms with van der Waals surface area (Å²) in [5.41, 5.74) is 0.458. The van der Waals surface area contributed by atoms with E-state index in [1.807, 2.05) is 25.1 Å². The lowest BCUT2D eigenvalue weighted by Crippen LogP contribution is -2.40. The zero-order chi connectivity index (χ0) is 17.8. The van der Waals surface area contributed by atoms with Crippen LogP contribution in [0.15, 0.2) is 41.0 Å². The number of fused-ring (bicyclic) bond motifs is 1. The molecule has 132 valence electrons. The number of carbonyl (C=O) groups excluding carboxylic acids is 2. The number of hydrogen-bond acceptors (Lipinski definition) is 6. The number of likely N-dealkylation sites (N-methyl/N-ethyl adjacent to an activating group) is 1. The molecule has 0 radical (unpaired) electrons. The van der Waals surface area contributed by atoms with Crippen molar-refractivity contribution in [1.29, 1.82) is 0 Å². The first-order valence-corrected chi connectivity index (χ1v) is 7.73. The van der Waals surface area contributed by atoms with E-state index in [-0.39, 0.29) is 19.4 Å². The summed E-state index contributed by atoms with van der Waals surface area (Å²) in [5.74, 6) is 0.367. The minimum absolute atomic E-state index is 0.145. The lowest BCUT2D eigenvalue weighted by Gasteiger charge is -2.22.